The molecule has 0 heterocycles. The largest absolute Gasteiger partial charge is 0.481 e. The number of thioether (sulfide) groups is 1. The number of hydrogen-bond donors (Lipinski definition) is 2. The number of rotatable bonds is 3. The van der Waals surface area contributed by atoms with Crippen LogP contribution in [-0.4, -0.2) is 16.3 Å². The molecule has 0 saturated heterocycles. The molecule has 0 radical (unpaired) electrons. The lowest BCUT2D eigenvalue weighted by atomic mass is 9.85. The van der Waals surface area contributed by atoms with E-state index in [1.54, 1.807) is 11.8 Å². The molecule has 0 aliphatic heterocycles. The number of anilines is 1. The minimum atomic E-state index is -0.670. The van der Waals surface area contributed by atoms with Gasteiger partial charge in [0.25, 0.3) is 0 Å². The first-order valence-corrected chi connectivity index (χ1v) is 6.21. The molecule has 16 heavy (non-hydrogen) atoms. The topological polar surface area (TPSA) is 63.3 Å². The molecule has 0 spiro atoms. The molecule has 1 aromatic rings. The van der Waals surface area contributed by atoms with Gasteiger partial charge in [0.15, 0.2) is 0 Å². The third-order valence-corrected chi connectivity index (χ3v) is 4.58. The SMILES string of the molecule is Cc1cc(N)ccc1SC1CCC1C(=O)O. The minimum Gasteiger partial charge on any atom is -0.481 e. The number of aryl methyl sites for hydroxylation is 1. The van der Waals surface area contributed by atoms with E-state index in [1.165, 1.54) is 0 Å². The summed E-state index contributed by atoms with van der Waals surface area (Å²) in [7, 11) is 0. The number of carboxylic acids is 1. The Labute approximate surface area is 99.0 Å². The Kier molecular flexibility index (Phi) is 3.10. The predicted molar refractivity (Wildman–Crippen MR) is 65.6 cm³/mol. The molecule has 1 saturated carbocycles. The summed E-state index contributed by atoms with van der Waals surface area (Å²) in [5.41, 5.74) is 7.56. The Morgan fingerprint density at radius 3 is 2.75 bits per heavy atom. The normalized spacial score (nSPS) is 23.8. The highest BCUT2D eigenvalue weighted by Gasteiger charge is 2.37. The lowest BCUT2D eigenvalue weighted by molar-refractivity contribution is -0.144. The summed E-state index contributed by atoms with van der Waals surface area (Å²) in [6.45, 7) is 2.01. The lowest BCUT2D eigenvalue weighted by Gasteiger charge is -2.33. The van der Waals surface area contributed by atoms with Crippen molar-refractivity contribution < 1.29 is 9.90 Å². The van der Waals surface area contributed by atoms with Gasteiger partial charge in [-0.2, -0.15) is 0 Å². The van der Waals surface area contributed by atoms with Gasteiger partial charge in [0.2, 0.25) is 0 Å². The van der Waals surface area contributed by atoms with E-state index in [0.29, 0.717) is 0 Å². The fraction of sp³-hybridized carbons (Fsp3) is 0.417. The highest BCUT2D eigenvalue weighted by atomic mass is 32.2. The number of nitrogens with two attached hydrogens (primary N) is 1. The number of nitrogen functional groups attached to an aromatic ring is 1. The zero-order valence-corrected chi connectivity index (χ0v) is 9.96. The summed E-state index contributed by atoms with van der Waals surface area (Å²) in [6.07, 6.45) is 1.80. The molecule has 2 rings (SSSR count). The first-order chi connectivity index (χ1) is 7.58. The summed E-state index contributed by atoms with van der Waals surface area (Å²) < 4.78 is 0. The van der Waals surface area contributed by atoms with Crippen molar-refractivity contribution in [3.63, 3.8) is 0 Å². The van der Waals surface area contributed by atoms with E-state index in [2.05, 4.69) is 0 Å². The summed E-state index contributed by atoms with van der Waals surface area (Å²) in [5.74, 6) is -0.848. The second-order valence-corrected chi connectivity index (χ2v) is 5.48. The van der Waals surface area contributed by atoms with Crippen LogP contribution in [0.4, 0.5) is 5.69 Å². The standard InChI is InChI=1S/C12H15NO2S/c1-7-6-8(13)2-4-10(7)16-11-5-3-9(11)12(14)15/h2,4,6,9,11H,3,5,13H2,1H3,(H,14,15). The molecule has 1 aliphatic rings. The third kappa shape index (κ3) is 2.16. The molecule has 0 bridgehead atoms. The van der Waals surface area contributed by atoms with Gasteiger partial charge in [-0.1, -0.05) is 0 Å². The highest BCUT2D eigenvalue weighted by molar-refractivity contribution is 8.00. The van der Waals surface area contributed by atoms with Crippen LogP contribution >= 0.6 is 11.8 Å². The molecule has 1 aliphatic carbocycles. The summed E-state index contributed by atoms with van der Waals surface area (Å²) >= 11 is 1.67. The van der Waals surface area contributed by atoms with Crippen molar-refractivity contribution >= 4 is 23.4 Å². The van der Waals surface area contributed by atoms with Crippen molar-refractivity contribution in [3.8, 4) is 0 Å². The van der Waals surface area contributed by atoms with Crippen molar-refractivity contribution in [2.24, 2.45) is 5.92 Å². The first-order valence-electron chi connectivity index (χ1n) is 5.33. The summed E-state index contributed by atoms with van der Waals surface area (Å²) in [5, 5.41) is 9.18. The Hall–Kier alpha value is -1.16. The van der Waals surface area contributed by atoms with Crippen LogP contribution in [0.25, 0.3) is 0 Å². The summed E-state index contributed by atoms with van der Waals surface area (Å²) in [6, 6.07) is 5.77. The maximum atomic E-state index is 10.9. The van der Waals surface area contributed by atoms with Gasteiger partial charge >= 0.3 is 5.97 Å². The van der Waals surface area contributed by atoms with Crippen LogP contribution in [0.15, 0.2) is 23.1 Å². The van der Waals surface area contributed by atoms with Crippen molar-refractivity contribution in [1.82, 2.24) is 0 Å². The van der Waals surface area contributed by atoms with Gasteiger partial charge in [0.1, 0.15) is 0 Å². The number of carbonyl (C=O) groups is 1. The molecule has 1 aromatic carbocycles. The minimum absolute atomic E-state index is 0.179. The van der Waals surface area contributed by atoms with Gasteiger partial charge in [0, 0.05) is 15.8 Å². The van der Waals surface area contributed by atoms with Crippen molar-refractivity contribution in [2.45, 2.75) is 29.9 Å². The zero-order valence-electron chi connectivity index (χ0n) is 9.14. The van der Waals surface area contributed by atoms with Crippen LogP contribution < -0.4 is 5.73 Å². The monoisotopic (exact) mass is 237 g/mol. The van der Waals surface area contributed by atoms with Gasteiger partial charge in [-0.3, -0.25) is 4.79 Å². The van der Waals surface area contributed by atoms with E-state index in [4.69, 9.17) is 10.8 Å². The molecule has 0 amide bonds. The molecular formula is C12H15NO2S. The van der Waals surface area contributed by atoms with E-state index >= 15 is 0 Å². The van der Waals surface area contributed by atoms with Crippen LogP contribution in [0.5, 0.6) is 0 Å². The van der Waals surface area contributed by atoms with Gasteiger partial charge in [-0.05, 0) is 43.5 Å². The van der Waals surface area contributed by atoms with Crippen molar-refractivity contribution in [3.05, 3.63) is 23.8 Å². The maximum Gasteiger partial charge on any atom is 0.307 e. The molecule has 4 heteroatoms. The van der Waals surface area contributed by atoms with Crippen molar-refractivity contribution in [2.75, 3.05) is 5.73 Å². The maximum absolute atomic E-state index is 10.9. The quantitative estimate of drug-likeness (QED) is 0.793. The van der Waals surface area contributed by atoms with Gasteiger partial charge in [-0.25, -0.2) is 0 Å². The second kappa shape index (κ2) is 4.37. The molecule has 3 nitrogen and oxygen atoms in total. The molecule has 3 N–H and O–H groups in total. The highest BCUT2D eigenvalue weighted by Crippen LogP contribution is 2.42. The molecule has 2 unspecified atom stereocenters. The molecule has 0 aromatic heterocycles. The Morgan fingerprint density at radius 2 is 2.25 bits per heavy atom. The van der Waals surface area contributed by atoms with Gasteiger partial charge in [-0.15, -0.1) is 11.8 Å². The molecular weight excluding hydrogens is 222 g/mol. The predicted octanol–water partition coefficient (Wildman–Crippen LogP) is 2.53. The Balaban J connectivity index is 2.07. The summed E-state index contributed by atoms with van der Waals surface area (Å²) in [4.78, 5) is 12.0. The Bertz CT molecular complexity index is 419. The average Bonchev–Trinajstić information content (AvgIpc) is 2.13. The van der Waals surface area contributed by atoms with Crippen LogP contribution in [0.1, 0.15) is 18.4 Å². The smallest absolute Gasteiger partial charge is 0.307 e. The number of hydrogen-bond acceptors (Lipinski definition) is 3. The first kappa shape index (κ1) is 11.3. The van der Waals surface area contributed by atoms with Crippen LogP contribution in [-0.2, 0) is 4.79 Å². The number of aliphatic carboxylic acids is 1. The lowest BCUT2D eigenvalue weighted by Crippen LogP contribution is -2.35. The van der Waals surface area contributed by atoms with Crippen LogP contribution in [0.3, 0.4) is 0 Å². The van der Waals surface area contributed by atoms with Crippen LogP contribution in [0, 0.1) is 12.8 Å². The van der Waals surface area contributed by atoms with Gasteiger partial charge in [0.05, 0.1) is 5.92 Å². The fourth-order valence-corrected chi connectivity index (χ4v) is 3.25. The average molecular weight is 237 g/mol. The molecule has 86 valence electrons. The molecule has 2 atom stereocenters. The second-order valence-electron chi connectivity index (χ2n) is 4.20. The number of carboxylic acid groups (broad SMARTS) is 1. The zero-order chi connectivity index (χ0) is 11.7. The Morgan fingerprint density at radius 1 is 1.50 bits per heavy atom. The van der Waals surface area contributed by atoms with Gasteiger partial charge < -0.3 is 10.8 Å². The van der Waals surface area contributed by atoms with E-state index in [9.17, 15) is 4.79 Å². The van der Waals surface area contributed by atoms with E-state index in [0.717, 1.165) is 29.0 Å². The third-order valence-electron chi connectivity index (χ3n) is 3.01. The molecule has 1 fully saturated rings. The van der Waals surface area contributed by atoms with Crippen LogP contribution in [0.2, 0.25) is 0 Å². The van der Waals surface area contributed by atoms with E-state index in [1.807, 2.05) is 25.1 Å². The fourth-order valence-electron chi connectivity index (χ4n) is 1.86. The number of benzene rings is 1. The van der Waals surface area contributed by atoms with Crippen molar-refractivity contribution in [1.29, 1.82) is 0 Å². The van der Waals surface area contributed by atoms with E-state index in [-0.39, 0.29) is 11.2 Å². The van der Waals surface area contributed by atoms with E-state index < -0.39 is 5.97 Å².